The number of hydrogen-bond acceptors (Lipinski definition) is 5. The molecule has 0 aromatic heterocycles. The third-order valence-electron chi connectivity index (χ3n) is 7.22. The van der Waals surface area contributed by atoms with Crippen LogP contribution in [0.5, 0.6) is 0 Å². The number of carbonyl (C=O) groups excluding carboxylic acids is 1. The Balaban J connectivity index is 1.16. The van der Waals surface area contributed by atoms with E-state index in [-0.39, 0.29) is 12.4 Å². The molecule has 5 rings (SSSR count). The number of aliphatic hydroxyl groups is 2. The Kier molecular flexibility index (Phi) is 6.50. The van der Waals surface area contributed by atoms with Crippen molar-refractivity contribution >= 4 is 11.5 Å². The second-order valence-corrected chi connectivity index (χ2v) is 9.59. The minimum Gasteiger partial charge on any atom is -0.392 e. The number of aliphatic hydroxyl groups excluding tert-OH is 2. The molecule has 1 fully saturated rings. The molecule has 1 heterocycles. The van der Waals surface area contributed by atoms with Crippen molar-refractivity contribution in [2.75, 3.05) is 25.0 Å². The summed E-state index contributed by atoms with van der Waals surface area (Å²) in [5.74, 6) is 0.222. The van der Waals surface area contributed by atoms with Gasteiger partial charge in [0.2, 0.25) is 0 Å². The molecule has 3 aromatic rings. The topological polar surface area (TPSA) is 72.8 Å². The maximum Gasteiger partial charge on any atom is 0.151 e. The van der Waals surface area contributed by atoms with Crippen LogP contribution in [0.15, 0.2) is 60.7 Å². The number of rotatable bonds is 7. The number of hydrogen-bond donors (Lipinski definition) is 3. The van der Waals surface area contributed by atoms with Crippen LogP contribution in [0.1, 0.15) is 46.8 Å². The smallest absolute Gasteiger partial charge is 0.151 e. The summed E-state index contributed by atoms with van der Waals surface area (Å²) < 4.78 is 0. The summed E-state index contributed by atoms with van der Waals surface area (Å²) in [6, 6.07) is 20.3. The summed E-state index contributed by atoms with van der Waals surface area (Å²) >= 11 is 0. The number of nitrogens with zero attached hydrogens (tertiary/aromatic N) is 1. The van der Waals surface area contributed by atoms with Crippen molar-refractivity contribution in [3.8, 4) is 11.1 Å². The molecule has 1 aliphatic carbocycles. The molecule has 5 nitrogen and oxygen atoms in total. The van der Waals surface area contributed by atoms with E-state index in [1.54, 1.807) is 0 Å². The van der Waals surface area contributed by atoms with Crippen molar-refractivity contribution in [3.05, 3.63) is 88.5 Å². The number of likely N-dealkylation sites (tertiary alicyclic amines) is 1. The monoisotopic (exact) mass is 456 g/mol. The van der Waals surface area contributed by atoms with Gasteiger partial charge in [-0.15, -0.1) is 0 Å². The fourth-order valence-corrected chi connectivity index (χ4v) is 5.37. The van der Waals surface area contributed by atoms with Crippen LogP contribution in [0.3, 0.4) is 0 Å². The quantitative estimate of drug-likeness (QED) is 0.496. The number of benzene rings is 3. The normalized spacial score (nSPS) is 17.9. The molecule has 0 saturated carbocycles. The predicted octanol–water partition coefficient (Wildman–Crippen LogP) is 4.24. The number of anilines is 1. The first-order chi connectivity index (χ1) is 16.5. The SMILES string of the molecule is Cc1cccc(CO)c1NC1CCN(CC(=O)Cc2ccc3c(c2)-c2ccccc2C3O)CC1. The van der Waals surface area contributed by atoms with Crippen LogP contribution in [0.4, 0.5) is 5.69 Å². The van der Waals surface area contributed by atoms with Gasteiger partial charge in [0.1, 0.15) is 6.10 Å². The second-order valence-electron chi connectivity index (χ2n) is 9.59. The van der Waals surface area contributed by atoms with Crippen molar-refractivity contribution in [2.45, 2.75) is 44.9 Å². The zero-order valence-corrected chi connectivity index (χ0v) is 19.6. The van der Waals surface area contributed by atoms with E-state index >= 15 is 0 Å². The number of carbonyl (C=O) groups is 1. The fraction of sp³-hybridized carbons (Fsp3) is 0.345. The zero-order chi connectivity index (χ0) is 23.7. The summed E-state index contributed by atoms with van der Waals surface area (Å²) in [6.45, 7) is 4.33. The van der Waals surface area contributed by atoms with Gasteiger partial charge in [-0.25, -0.2) is 0 Å². The molecule has 1 aliphatic heterocycles. The number of piperidine rings is 1. The molecular formula is C29H32N2O3. The molecule has 0 amide bonds. The Labute approximate surface area is 201 Å². The Bertz CT molecular complexity index is 1200. The van der Waals surface area contributed by atoms with Crippen molar-refractivity contribution in [1.29, 1.82) is 0 Å². The third kappa shape index (κ3) is 4.51. The van der Waals surface area contributed by atoms with E-state index in [2.05, 4.69) is 29.3 Å². The molecule has 0 spiro atoms. The molecule has 0 bridgehead atoms. The molecule has 1 saturated heterocycles. The van der Waals surface area contributed by atoms with Crippen LogP contribution in [-0.4, -0.2) is 46.6 Å². The minimum absolute atomic E-state index is 0.0323. The van der Waals surface area contributed by atoms with Gasteiger partial charge in [-0.3, -0.25) is 9.69 Å². The van der Waals surface area contributed by atoms with Gasteiger partial charge >= 0.3 is 0 Å². The molecule has 0 radical (unpaired) electrons. The van der Waals surface area contributed by atoms with Crippen LogP contribution >= 0.6 is 0 Å². The highest BCUT2D eigenvalue weighted by atomic mass is 16.3. The van der Waals surface area contributed by atoms with Gasteiger partial charge in [-0.05, 0) is 53.1 Å². The van der Waals surface area contributed by atoms with Gasteiger partial charge < -0.3 is 15.5 Å². The molecule has 5 heteroatoms. The summed E-state index contributed by atoms with van der Waals surface area (Å²) in [5, 5.41) is 23.9. The molecule has 2 aliphatic rings. The average molecular weight is 457 g/mol. The molecular weight excluding hydrogens is 424 g/mol. The minimum atomic E-state index is -0.584. The van der Waals surface area contributed by atoms with Gasteiger partial charge in [0.05, 0.1) is 13.2 Å². The molecule has 1 unspecified atom stereocenters. The van der Waals surface area contributed by atoms with E-state index in [0.717, 1.165) is 70.6 Å². The number of para-hydroxylation sites is 1. The van der Waals surface area contributed by atoms with Crippen molar-refractivity contribution in [2.24, 2.45) is 0 Å². The third-order valence-corrected chi connectivity index (χ3v) is 7.22. The van der Waals surface area contributed by atoms with Crippen molar-refractivity contribution < 1.29 is 15.0 Å². The van der Waals surface area contributed by atoms with Crippen LogP contribution in [0, 0.1) is 6.92 Å². The van der Waals surface area contributed by atoms with Crippen LogP contribution < -0.4 is 5.32 Å². The average Bonchev–Trinajstić information content (AvgIpc) is 3.13. The van der Waals surface area contributed by atoms with E-state index in [9.17, 15) is 15.0 Å². The number of Topliss-reactive ketones (excluding diaryl/α,β-unsaturated/α-hetero) is 1. The molecule has 3 aromatic carbocycles. The summed E-state index contributed by atoms with van der Waals surface area (Å²) in [7, 11) is 0. The number of nitrogens with one attached hydrogen (secondary N) is 1. The number of fused-ring (bicyclic) bond motifs is 3. The lowest BCUT2D eigenvalue weighted by atomic mass is 9.99. The number of ketones is 1. The Hall–Kier alpha value is -2.99. The van der Waals surface area contributed by atoms with Gasteiger partial charge in [0.25, 0.3) is 0 Å². The van der Waals surface area contributed by atoms with Gasteiger partial charge in [0.15, 0.2) is 5.78 Å². The van der Waals surface area contributed by atoms with Crippen LogP contribution in [-0.2, 0) is 17.8 Å². The summed E-state index contributed by atoms with van der Waals surface area (Å²) in [6.07, 6.45) is 1.77. The summed E-state index contributed by atoms with van der Waals surface area (Å²) in [4.78, 5) is 15.1. The maximum absolute atomic E-state index is 12.9. The first kappa shape index (κ1) is 22.8. The van der Waals surface area contributed by atoms with E-state index < -0.39 is 6.10 Å². The zero-order valence-electron chi connectivity index (χ0n) is 19.6. The molecule has 3 N–H and O–H groups in total. The van der Waals surface area contributed by atoms with Gasteiger partial charge in [-0.1, -0.05) is 60.7 Å². The highest BCUT2D eigenvalue weighted by Crippen LogP contribution is 2.43. The van der Waals surface area contributed by atoms with E-state index in [1.807, 2.05) is 48.5 Å². The van der Waals surface area contributed by atoms with Crippen molar-refractivity contribution in [1.82, 2.24) is 4.90 Å². The van der Waals surface area contributed by atoms with Gasteiger partial charge in [0, 0.05) is 36.8 Å². The highest BCUT2D eigenvalue weighted by Gasteiger charge is 2.27. The first-order valence-electron chi connectivity index (χ1n) is 12.1. The molecule has 34 heavy (non-hydrogen) atoms. The van der Waals surface area contributed by atoms with Crippen LogP contribution in [0.2, 0.25) is 0 Å². The largest absolute Gasteiger partial charge is 0.392 e. The molecule has 176 valence electrons. The second kappa shape index (κ2) is 9.71. The van der Waals surface area contributed by atoms with E-state index in [0.29, 0.717) is 19.0 Å². The first-order valence-corrected chi connectivity index (χ1v) is 12.1. The fourth-order valence-electron chi connectivity index (χ4n) is 5.37. The maximum atomic E-state index is 12.9. The molecule has 1 atom stereocenters. The van der Waals surface area contributed by atoms with Gasteiger partial charge in [-0.2, -0.15) is 0 Å². The lowest BCUT2D eigenvalue weighted by Crippen LogP contribution is -2.42. The standard InChI is InChI=1S/C29H32N2O3/c1-19-5-4-6-21(18-32)28(19)30-22-11-13-31(14-12-22)17-23(33)15-20-9-10-26-27(16-20)24-7-2-3-8-25(24)29(26)34/h2-10,16,22,29-30,32,34H,11-15,17-18H2,1H3. The Morgan fingerprint density at radius 3 is 2.56 bits per heavy atom. The van der Waals surface area contributed by atoms with Crippen LogP contribution in [0.25, 0.3) is 11.1 Å². The lowest BCUT2D eigenvalue weighted by molar-refractivity contribution is -0.119. The summed E-state index contributed by atoms with van der Waals surface area (Å²) in [5.41, 5.74) is 8.09. The van der Waals surface area contributed by atoms with E-state index in [4.69, 9.17) is 0 Å². The van der Waals surface area contributed by atoms with Crippen molar-refractivity contribution in [3.63, 3.8) is 0 Å². The highest BCUT2D eigenvalue weighted by molar-refractivity contribution is 5.84. The van der Waals surface area contributed by atoms with E-state index in [1.165, 1.54) is 0 Å². The predicted molar refractivity (Wildman–Crippen MR) is 135 cm³/mol. The number of aryl methyl sites for hydroxylation is 1. The lowest BCUT2D eigenvalue weighted by Gasteiger charge is -2.33. The Morgan fingerprint density at radius 2 is 1.76 bits per heavy atom. The Morgan fingerprint density at radius 1 is 1.00 bits per heavy atom.